The van der Waals surface area contributed by atoms with E-state index in [0.717, 1.165) is 21.9 Å². The molecule has 0 spiro atoms. The Bertz CT molecular complexity index is 3110. The molecule has 0 saturated heterocycles. The van der Waals surface area contributed by atoms with Crippen LogP contribution in [0.1, 0.15) is 28.8 Å². The van der Waals surface area contributed by atoms with E-state index in [1.165, 1.54) is 76.1 Å². The SMILES string of the molecule is C1=CC2c3ccccc3N(c3ccc4c(c3)sc3ccc(-c5ccc6c(c5)oc5ccccc56)cc34)C2c2c1n(-c1ccccc1)c1ccccc21. The van der Waals surface area contributed by atoms with Gasteiger partial charge in [-0.05, 0) is 89.5 Å². The highest BCUT2D eigenvalue weighted by molar-refractivity contribution is 7.25. The lowest BCUT2D eigenvalue weighted by Crippen LogP contribution is -2.24. The van der Waals surface area contributed by atoms with Gasteiger partial charge in [-0.1, -0.05) is 97.1 Å². The summed E-state index contributed by atoms with van der Waals surface area (Å²) < 4.78 is 11.3. The normalized spacial score (nSPS) is 16.3. The molecule has 0 bridgehead atoms. The second-order valence-electron chi connectivity index (χ2n) is 14.0. The third-order valence-electron chi connectivity index (χ3n) is 11.3. The molecule has 3 aromatic heterocycles. The molecular weight excluding hydrogens is 653 g/mol. The highest BCUT2D eigenvalue weighted by atomic mass is 32.1. The van der Waals surface area contributed by atoms with E-state index < -0.39 is 0 Å². The lowest BCUT2D eigenvalue weighted by atomic mass is 9.84. The Morgan fingerprint density at radius 2 is 1.27 bits per heavy atom. The topological polar surface area (TPSA) is 21.3 Å². The predicted molar refractivity (Wildman–Crippen MR) is 218 cm³/mol. The first-order valence-electron chi connectivity index (χ1n) is 17.9. The number of furan rings is 1. The maximum atomic E-state index is 6.24. The monoisotopic (exact) mass is 682 g/mol. The molecule has 4 heterocycles. The van der Waals surface area contributed by atoms with Crippen LogP contribution < -0.4 is 4.90 Å². The van der Waals surface area contributed by atoms with E-state index in [1.807, 2.05) is 23.5 Å². The summed E-state index contributed by atoms with van der Waals surface area (Å²) in [6, 6.07) is 57.7. The van der Waals surface area contributed by atoms with Gasteiger partial charge in [0.25, 0.3) is 0 Å². The Kier molecular flexibility index (Phi) is 5.77. The van der Waals surface area contributed by atoms with Gasteiger partial charge in [0.05, 0.1) is 17.3 Å². The number of hydrogen-bond donors (Lipinski definition) is 0. The second kappa shape index (κ2) is 10.6. The summed E-state index contributed by atoms with van der Waals surface area (Å²) >= 11 is 1.88. The third kappa shape index (κ3) is 3.90. The number of para-hydroxylation sites is 4. The highest BCUT2D eigenvalue weighted by Crippen LogP contribution is 2.58. The van der Waals surface area contributed by atoms with Crippen LogP contribution in [-0.4, -0.2) is 4.57 Å². The van der Waals surface area contributed by atoms with Crippen molar-refractivity contribution in [2.75, 3.05) is 4.90 Å². The van der Waals surface area contributed by atoms with Crippen LogP contribution in [0.3, 0.4) is 0 Å². The highest BCUT2D eigenvalue weighted by Gasteiger charge is 2.43. The first-order chi connectivity index (χ1) is 25.8. The molecule has 0 N–H and O–H groups in total. The van der Waals surface area contributed by atoms with E-state index in [-0.39, 0.29) is 12.0 Å². The number of thiophene rings is 1. The van der Waals surface area contributed by atoms with E-state index in [0.29, 0.717) is 0 Å². The number of hydrogen-bond acceptors (Lipinski definition) is 3. The smallest absolute Gasteiger partial charge is 0.136 e. The first kappa shape index (κ1) is 28.3. The number of fused-ring (bicyclic) bond motifs is 13. The van der Waals surface area contributed by atoms with Crippen LogP contribution in [0.25, 0.3) is 75.9 Å². The van der Waals surface area contributed by atoms with Crippen molar-refractivity contribution < 1.29 is 4.42 Å². The van der Waals surface area contributed by atoms with Gasteiger partial charge < -0.3 is 13.9 Å². The summed E-state index contributed by atoms with van der Waals surface area (Å²) in [6.45, 7) is 0. The fraction of sp³-hybridized carbons (Fsp3) is 0.0417. The summed E-state index contributed by atoms with van der Waals surface area (Å²) in [5.74, 6) is 0.253. The minimum atomic E-state index is 0.138. The van der Waals surface area contributed by atoms with Crippen molar-refractivity contribution >= 4 is 81.8 Å². The maximum Gasteiger partial charge on any atom is 0.136 e. The van der Waals surface area contributed by atoms with Gasteiger partial charge in [-0.25, -0.2) is 0 Å². The standard InChI is InChI=1S/C48H30N2OS/c1-2-10-31(11-3-1)49-41-16-8-5-14-38(41)47-42(49)24-23-37-33-12-4-7-15-40(33)50(48(37)47)32-20-22-36-39-26-29(19-25-45(39)52-46(36)28-32)30-18-21-35-34-13-6-9-17-43(34)51-44(35)27-30/h1-28,37,48H. The average molecular weight is 683 g/mol. The van der Waals surface area contributed by atoms with Crippen LogP contribution >= 0.6 is 11.3 Å². The van der Waals surface area contributed by atoms with Crippen molar-refractivity contribution in [1.82, 2.24) is 4.57 Å². The second-order valence-corrected chi connectivity index (χ2v) is 15.1. The van der Waals surface area contributed by atoms with Crippen molar-refractivity contribution in [2.45, 2.75) is 12.0 Å². The van der Waals surface area contributed by atoms with Crippen molar-refractivity contribution in [3.63, 3.8) is 0 Å². The summed E-state index contributed by atoms with van der Waals surface area (Å²) in [7, 11) is 0. The first-order valence-corrected chi connectivity index (χ1v) is 18.7. The van der Waals surface area contributed by atoms with Crippen LogP contribution in [0.15, 0.2) is 168 Å². The third-order valence-corrected chi connectivity index (χ3v) is 12.5. The summed E-state index contributed by atoms with van der Waals surface area (Å²) in [5, 5.41) is 6.22. The van der Waals surface area contributed by atoms with E-state index in [2.05, 4.69) is 167 Å². The van der Waals surface area contributed by atoms with Gasteiger partial charge in [-0.2, -0.15) is 0 Å². The minimum absolute atomic E-state index is 0.138. The number of benzene rings is 7. The average Bonchev–Trinajstić information content (AvgIpc) is 3.94. The molecule has 0 radical (unpaired) electrons. The molecule has 2 unspecified atom stereocenters. The van der Waals surface area contributed by atoms with E-state index in [1.54, 1.807) is 0 Å². The van der Waals surface area contributed by atoms with Gasteiger partial charge in [-0.15, -0.1) is 11.3 Å². The van der Waals surface area contributed by atoms with Crippen LogP contribution in [0, 0.1) is 0 Å². The van der Waals surface area contributed by atoms with Crippen LogP contribution in [0.2, 0.25) is 0 Å². The Labute approximate surface area is 303 Å². The predicted octanol–water partition coefficient (Wildman–Crippen LogP) is 13.6. The summed E-state index contributed by atoms with van der Waals surface area (Å²) in [4.78, 5) is 2.61. The van der Waals surface area contributed by atoms with Crippen LogP contribution in [0.5, 0.6) is 0 Å². The molecule has 1 aliphatic heterocycles. The lowest BCUT2D eigenvalue weighted by Gasteiger charge is -2.32. The number of aromatic nitrogens is 1. The molecule has 0 amide bonds. The zero-order chi connectivity index (χ0) is 33.9. The quantitative estimate of drug-likeness (QED) is 0.185. The fourth-order valence-corrected chi connectivity index (χ4v) is 10.2. The summed E-state index contributed by atoms with van der Waals surface area (Å²) in [6.07, 6.45) is 4.80. The Morgan fingerprint density at radius 1 is 0.519 bits per heavy atom. The van der Waals surface area contributed by atoms with Crippen molar-refractivity contribution in [3.8, 4) is 16.8 Å². The maximum absolute atomic E-state index is 6.24. The summed E-state index contributed by atoms with van der Waals surface area (Å²) in [5.41, 5.74) is 13.2. The molecule has 0 fully saturated rings. The molecule has 2 atom stereocenters. The van der Waals surface area contributed by atoms with E-state index in [4.69, 9.17) is 4.42 Å². The van der Waals surface area contributed by atoms with Crippen molar-refractivity contribution in [3.05, 3.63) is 181 Å². The number of anilines is 2. The van der Waals surface area contributed by atoms with Crippen molar-refractivity contribution in [2.24, 2.45) is 0 Å². The van der Waals surface area contributed by atoms with Gasteiger partial charge in [-0.3, -0.25) is 0 Å². The minimum Gasteiger partial charge on any atom is -0.456 e. The van der Waals surface area contributed by atoms with Gasteiger partial charge >= 0.3 is 0 Å². The zero-order valence-electron chi connectivity index (χ0n) is 28.0. The Hall–Kier alpha value is -6.36. The van der Waals surface area contributed by atoms with E-state index in [9.17, 15) is 0 Å². The zero-order valence-corrected chi connectivity index (χ0v) is 28.8. The Morgan fingerprint density at radius 3 is 2.21 bits per heavy atom. The molecule has 4 heteroatoms. The Balaban J connectivity index is 1.01. The van der Waals surface area contributed by atoms with Gasteiger partial charge in [0.1, 0.15) is 11.2 Å². The lowest BCUT2D eigenvalue weighted by molar-refractivity contribution is 0.669. The molecule has 244 valence electrons. The molecule has 52 heavy (non-hydrogen) atoms. The van der Waals surface area contributed by atoms with Crippen LogP contribution in [-0.2, 0) is 0 Å². The molecule has 3 nitrogen and oxygen atoms in total. The molecule has 0 saturated carbocycles. The molecule has 2 aliphatic rings. The number of rotatable bonds is 3. The van der Waals surface area contributed by atoms with Gasteiger partial charge in [0.2, 0.25) is 0 Å². The van der Waals surface area contributed by atoms with Gasteiger partial charge in [0, 0.05) is 64.9 Å². The van der Waals surface area contributed by atoms with Crippen LogP contribution in [0.4, 0.5) is 11.4 Å². The van der Waals surface area contributed by atoms with E-state index >= 15 is 0 Å². The molecule has 1 aliphatic carbocycles. The molecule has 7 aromatic carbocycles. The fourth-order valence-electron chi connectivity index (χ4n) is 9.10. The van der Waals surface area contributed by atoms with Gasteiger partial charge in [0.15, 0.2) is 0 Å². The molecular formula is C48H30N2OS. The number of nitrogens with zero attached hydrogens (tertiary/aromatic N) is 2. The largest absolute Gasteiger partial charge is 0.456 e. The molecule has 10 aromatic rings. The molecule has 12 rings (SSSR count). The van der Waals surface area contributed by atoms with Crippen molar-refractivity contribution in [1.29, 1.82) is 0 Å².